The third-order valence-corrected chi connectivity index (χ3v) is 6.13. The topological polar surface area (TPSA) is 128 Å². The zero-order chi connectivity index (χ0) is 22.2. The van der Waals surface area contributed by atoms with Crippen molar-refractivity contribution >= 4 is 53.1 Å². The Morgan fingerprint density at radius 1 is 0.839 bits per heavy atom. The summed E-state index contributed by atoms with van der Waals surface area (Å²) in [5.41, 5.74) is 1.36. The first-order valence-corrected chi connectivity index (χ1v) is 10.7. The second kappa shape index (κ2) is 10.2. The fourth-order valence-corrected chi connectivity index (χ4v) is 4.21. The number of amides is 1. The molecule has 0 aliphatic rings. The molecule has 3 rings (SSSR count). The third-order valence-electron chi connectivity index (χ3n) is 4.00. The zero-order valence-electron chi connectivity index (χ0n) is 16.0. The quantitative estimate of drug-likeness (QED) is 0.228. The predicted octanol–water partition coefficient (Wildman–Crippen LogP) is 2.22. The number of nitrogens with zero attached hydrogens (tertiary/aromatic N) is 3. The Labute approximate surface area is 183 Å². The van der Waals surface area contributed by atoms with Gasteiger partial charge in [-0.05, 0) is 0 Å². The van der Waals surface area contributed by atoms with Crippen LogP contribution >= 0.6 is 0 Å². The monoisotopic (exact) mass is 484 g/mol. The minimum atomic E-state index is -0.479. The van der Waals surface area contributed by atoms with Crippen LogP contribution in [0.25, 0.3) is 0 Å². The van der Waals surface area contributed by atoms with Crippen molar-refractivity contribution in [1.29, 1.82) is 0 Å². The Morgan fingerprint density at radius 3 is 1.84 bits per heavy atom. The molecule has 0 atom stereocenters. The average molecular weight is 483 g/mol. The Morgan fingerprint density at radius 2 is 1.32 bits per heavy atom. The van der Waals surface area contributed by atoms with Crippen LogP contribution in [0.1, 0.15) is 5.56 Å². The molecule has 9 nitrogen and oxygen atoms in total. The van der Waals surface area contributed by atoms with Gasteiger partial charge >= 0.3 is 162 Å². The Balaban J connectivity index is 1.50. The number of nitrogens with one attached hydrogen (secondary N) is 1. The molecule has 1 N–H and O–H groups in total. The van der Waals surface area contributed by atoms with E-state index in [9.17, 15) is 25.0 Å². The van der Waals surface area contributed by atoms with Gasteiger partial charge in [-0.1, -0.05) is 0 Å². The Kier molecular flexibility index (Phi) is 7.21. The number of hydrogen-bond acceptors (Lipinski definition) is 6. The van der Waals surface area contributed by atoms with Crippen LogP contribution in [-0.2, 0) is 4.79 Å². The van der Waals surface area contributed by atoms with Crippen LogP contribution in [-0.4, -0.2) is 43.5 Å². The Hall–Kier alpha value is -3.88. The molecule has 0 unspecified atom stereocenters. The summed E-state index contributed by atoms with van der Waals surface area (Å²) in [6, 6.07) is 19.7. The van der Waals surface area contributed by atoms with Crippen molar-refractivity contribution in [2.24, 2.45) is 4.99 Å². The molecule has 3 aromatic rings. The van der Waals surface area contributed by atoms with Crippen LogP contribution in [0, 0.1) is 20.2 Å². The molecule has 0 aliphatic carbocycles. The fourth-order valence-electron chi connectivity index (χ4n) is 2.49. The van der Waals surface area contributed by atoms with Crippen LogP contribution in [0.3, 0.4) is 0 Å². The van der Waals surface area contributed by atoms with Gasteiger partial charge in [-0.2, -0.15) is 0 Å². The molecular formula is C21H16N4O5Se. The molecule has 0 radical (unpaired) electrons. The van der Waals surface area contributed by atoms with Crippen LogP contribution in [0.5, 0.6) is 0 Å². The number of nitro groups is 2. The Bertz CT molecular complexity index is 1110. The van der Waals surface area contributed by atoms with E-state index < -0.39 is 9.85 Å². The molecule has 0 fully saturated rings. The maximum absolute atomic E-state index is 12.0. The first-order valence-electron chi connectivity index (χ1n) is 8.97. The summed E-state index contributed by atoms with van der Waals surface area (Å²) in [4.78, 5) is 36.5. The summed E-state index contributed by atoms with van der Waals surface area (Å²) < 4.78 is 2.08. The van der Waals surface area contributed by atoms with Crippen molar-refractivity contribution in [2.45, 2.75) is 0 Å². The van der Waals surface area contributed by atoms with E-state index in [0.717, 1.165) is 8.92 Å². The molecule has 1 amide bonds. The van der Waals surface area contributed by atoms with Crippen molar-refractivity contribution < 1.29 is 14.6 Å². The summed E-state index contributed by atoms with van der Waals surface area (Å²) in [7, 11) is 0. The molecule has 0 aliphatic heterocycles. The maximum atomic E-state index is 12.0. The van der Waals surface area contributed by atoms with Gasteiger partial charge in [-0.25, -0.2) is 0 Å². The van der Waals surface area contributed by atoms with E-state index in [-0.39, 0.29) is 38.8 Å². The molecule has 0 bridgehead atoms. The second-order valence-electron chi connectivity index (χ2n) is 6.24. The SMILES string of the molecule is O=C(CN=Cc1ccc([N+](=O)[O-])cc1)Nc1ccc([Se]c2ccc([N+](=O)[O-])cc2)cc1. The van der Waals surface area contributed by atoms with Gasteiger partial charge in [0.2, 0.25) is 0 Å². The number of carbonyl (C=O) groups excluding carboxylic acids is 1. The van der Waals surface area contributed by atoms with E-state index in [4.69, 9.17) is 0 Å². The van der Waals surface area contributed by atoms with E-state index in [2.05, 4.69) is 10.3 Å². The molecule has 0 saturated carbocycles. The molecule has 0 saturated heterocycles. The molecule has 10 heteroatoms. The van der Waals surface area contributed by atoms with Crippen LogP contribution in [0.15, 0.2) is 77.8 Å². The van der Waals surface area contributed by atoms with Crippen molar-refractivity contribution in [3.8, 4) is 0 Å². The number of aliphatic imine (C=N–C) groups is 1. The third kappa shape index (κ3) is 6.56. The van der Waals surface area contributed by atoms with Crippen molar-refractivity contribution in [3.63, 3.8) is 0 Å². The molecule has 0 heterocycles. The van der Waals surface area contributed by atoms with Crippen LogP contribution < -0.4 is 14.2 Å². The van der Waals surface area contributed by atoms with E-state index in [1.807, 2.05) is 12.1 Å². The van der Waals surface area contributed by atoms with Crippen molar-refractivity contribution in [1.82, 2.24) is 0 Å². The summed E-state index contributed by atoms with van der Waals surface area (Å²) in [6.45, 7) is -0.0779. The summed E-state index contributed by atoms with van der Waals surface area (Å²) in [5, 5.41) is 24.1. The summed E-state index contributed by atoms with van der Waals surface area (Å²) >= 11 is -0.00722. The standard InChI is InChI=1S/C21H16N4O5Se/c26-21(14-22-13-15-1-5-17(6-2-15)24(27)28)23-16-3-9-19(10-4-16)31-20-11-7-18(8-12-20)25(29)30/h1-13H,14H2,(H,23,26). The van der Waals surface area contributed by atoms with Gasteiger partial charge in [-0.3, -0.25) is 10.1 Å². The van der Waals surface area contributed by atoms with Gasteiger partial charge in [0.25, 0.3) is 5.69 Å². The number of nitro benzene ring substituents is 2. The van der Waals surface area contributed by atoms with Gasteiger partial charge in [-0.15, -0.1) is 0 Å². The van der Waals surface area contributed by atoms with Gasteiger partial charge in [0.15, 0.2) is 0 Å². The molecule has 0 aromatic heterocycles. The number of hydrogen-bond donors (Lipinski definition) is 1. The fraction of sp³-hybridized carbons (Fsp3) is 0.0476. The molecule has 156 valence electrons. The predicted molar refractivity (Wildman–Crippen MR) is 119 cm³/mol. The van der Waals surface area contributed by atoms with E-state index in [0.29, 0.717) is 11.3 Å². The van der Waals surface area contributed by atoms with Crippen LogP contribution in [0.2, 0.25) is 0 Å². The van der Waals surface area contributed by atoms with Crippen LogP contribution in [0.4, 0.5) is 17.1 Å². The van der Waals surface area contributed by atoms with Gasteiger partial charge in [0.1, 0.15) is 0 Å². The normalized spacial score (nSPS) is 10.7. The summed E-state index contributed by atoms with van der Waals surface area (Å²) in [5.74, 6) is -0.285. The number of carbonyl (C=O) groups is 1. The minimum absolute atomic E-state index is 0.00621. The number of rotatable bonds is 8. The molecule has 0 spiro atoms. The van der Waals surface area contributed by atoms with Gasteiger partial charge in [0, 0.05) is 0 Å². The zero-order valence-corrected chi connectivity index (χ0v) is 17.7. The van der Waals surface area contributed by atoms with Crippen molar-refractivity contribution in [3.05, 3.63) is 98.6 Å². The first-order chi connectivity index (χ1) is 14.9. The average Bonchev–Trinajstić information content (AvgIpc) is 2.76. The molecule has 3 aromatic carbocycles. The van der Waals surface area contributed by atoms with Gasteiger partial charge < -0.3 is 0 Å². The summed E-state index contributed by atoms with van der Waals surface area (Å²) in [6.07, 6.45) is 1.49. The first kappa shape index (κ1) is 21.8. The number of benzene rings is 3. The van der Waals surface area contributed by atoms with E-state index in [1.54, 1.807) is 36.4 Å². The van der Waals surface area contributed by atoms with Gasteiger partial charge in [0.05, 0.1) is 4.92 Å². The molecular weight excluding hydrogens is 467 g/mol. The number of anilines is 1. The van der Waals surface area contributed by atoms with E-state index in [1.165, 1.54) is 30.5 Å². The second-order valence-corrected chi connectivity index (χ2v) is 8.65. The van der Waals surface area contributed by atoms with Crippen molar-refractivity contribution in [2.75, 3.05) is 11.9 Å². The molecule has 31 heavy (non-hydrogen) atoms. The number of non-ortho nitro benzene ring substituents is 2. The van der Waals surface area contributed by atoms with E-state index >= 15 is 0 Å².